The monoisotopic (exact) mass is 584 g/mol. The van der Waals surface area contributed by atoms with Crippen LogP contribution in [0.4, 0.5) is 10.6 Å². The first kappa shape index (κ1) is 31.0. The summed E-state index contributed by atoms with van der Waals surface area (Å²) in [7, 11) is 1.29. The number of ether oxygens (including phenoxy) is 2. The number of nitrogens with one attached hydrogen (secondary N) is 2. The van der Waals surface area contributed by atoms with Crippen LogP contribution in [0.25, 0.3) is 21.9 Å². The van der Waals surface area contributed by atoms with Crippen LogP contribution in [-0.4, -0.2) is 47.3 Å². The summed E-state index contributed by atoms with van der Waals surface area (Å²) in [4.78, 5) is 42.7. The van der Waals surface area contributed by atoms with Gasteiger partial charge in [-0.25, -0.2) is 15.2 Å². The van der Waals surface area contributed by atoms with Gasteiger partial charge in [0.25, 0.3) is 0 Å². The number of amides is 2. The molecule has 0 saturated carbocycles. The van der Waals surface area contributed by atoms with Crippen molar-refractivity contribution in [2.75, 3.05) is 18.7 Å². The van der Waals surface area contributed by atoms with Gasteiger partial charge < -0.3 is 19.9 Å². The third-order valence-electron chi connectivity index (χ3n) is 6.48. The number of methoxy groups -OCH3 is 1. The lowest BCUT2D eigenvalue weighted by molar-refractivity contribution is -0.141. The van der Waals surface area contributed by atoms with Crippen LogP contribution in [0.2, 0.25) is 0 Å². The molecule has 0 radical (unpaired) electrons. The van der Waals surface area contributed by atoms with Gasteiger partial charge in [-0.3, -0.25) is 9.59 Å². The van der Waals surface area contributed by atoms with Gasteiger partial charge in [-0.2, -0.15) is 5.01 Å². The van der Waals surface area contributed by atoms with Gasteiger partial charge in [0.2, 0.25) is 5.91 Å². The zero-order valence-corrected chi connectivity index (χ0v) is 24.9. The van der Waals surface area contributed by atoms with Crippen LogP contribution in [0.3, 0.4) is 0 Å². The molecular weight excluding hydrogens is 548 g/mol. The van der Waals surface area contributed by atoms with E-state index in [4.69, 9.17) is 9.47 Å². The maximum Gasteiger partial charge on any atom is 0.430 e. The summed E-state index contributed by atoms with van der Waals surface area (Å²) in [6.07, 6.45) is 0.739. The molecule has 1 aromatic heterocycles. The van der Waals surface area contributed by atoms with E-state index in [9.17, 15) is 19.5 Å². The Hall–Kier alpha value is -4.96. The number of aromatic nitrogens is 1. The van der Waals surface area contributed by atoms with Crippen LogP contribution >= 0.6 is 0 Å². The van der Waals surface area contributed by atoms with Gasteiger partial charge in [-0.1, -0.05) is 36.4 Å². The molecule has 10 nitrogen and oxygen atoms in total. The standard InChI is InChI=1S/C33H36N4O6/c1-21-13-14-34-29(15-21)37(32(41)43-33(2,3)4)35-20-30(39)36-28(19-31(40)42-5)26-8-6-7-22(17-26)23-9-10-25-18-27(38)12-11-24(25)16-23/h6-18,28,35,38H,19-20H2,1-5H3,(H,36,39)/t28-/m0/s1. The van der Waals surface area contributed by atoms with Gasteiger partial charge in [-0.05, 0) is 97.1 Å². The molecule has 4 aromatic rings. The molecule has 43 heavy (non-hydrogen) atoms. The number of aryl methyl sites for hydroxylation is 1. The highest BCUT2D eigenvalue weighted by Crippen LogP contribution is 2.29. The maximum atomic E-state index is 13.2. The molecule has 3 aromatic carbocycles. The van der Waals surface area contributed by atoms with Crippen LogP contribution in [0.1, 0.15) is 44.4 Å². The quantitative estimate of drug-likeness (QED) is 0.172. The average Bonchev–Trinajstić information content (AvgIpc) is 2.95. The molecule has 4 rings (SSSR count). The Labute approximate surface area is 250 Å². The third kappa shape index (κ3) is 8.52. The predicted octanol–water partition coefficient (Wildman–Crippen LogP) is 5.58. The van der Waals surface area contributed by atoms with Crippen molar-refractivity contribution in [3.63, 3.8) is 0 Å². The molecule has 1 heterocycles. The van der Waals surface area contributed by atoms with Crippen LogP contribution in [0, 0.1) is 6.92 Å². The van der Waals surface area contributed by atoms with E-state index in [1.807, 2.05) is 55.5 Å². The van der Waals surface area contributed by atoms with Gasteiger partial charge in [0, 0.05) is 6.20 Å². The number of hydrogen-bond acceptors (Lipinski definition) is 8. The number of pyridine rings is 1. The fraction of sp³-hybridized carbons (Fsp3) is 0.273. The Bertz CT molecular complexity index is 1630. The number of phenols is 1. The number of hydrazine groups is 1. The third-order valence-corrected chi connectivity index (χ3v) is 6.48. The SMILES string of the molecule is COC(=O)C[C@H](NC(=O)CNN(C(=O)OC(C)(C)C)c1cc(C)ccn1)c1cccc(-c2ccc3cc(O)ccc3c2)c1. The predicted molar refractivity (Wildman–Crippen MR) is 164 cm³/mol. The number of carbonyl (C=O) groups is 3. The molecular formula is C33H36N4O6. The minimum atomic E-state index is -0.771. The van der Waals surface area contributed by atoms with Crippen molar-refractivity contribution in [2.24, 2.45) is 0 Å². The normalized spacial score (nSPS) is 11.9. The topological polar surface area (TPSA) is 130 Å². The molecule has 0 saturated heterocycles. The second-order valence-electron chi connectivity index (χ2n) is 11.1. The summed E-state index contributed by atoms with van der Waals surface area (Å²) in [6, 6.07) is 21.4. The molecule has 2 amide bonds. The van der Waals surface area contributed by atoms with Crippen LogP contribution in [0.15, 0.2) is 79.0 Å². The number of carbonyl (C=O) groups excluding carboxylic acids is 3. The number of aromatic hydroxyl groups is 1. The first-order valence-corrected chi connectivity index (χ1v) is 13.8. The molecule has 10 heteroatoms. The molecule has 0 spiro atoms. The Kier molecular flexibility index (Phi) is 9.62. The second-order valence-corrected chi connectivity index (χ2v) is 11.1. The zero-order valence-electron chi connectivity index (χ0n) is 24.9. The Morgan fingerprint density at radius 2 is 1.67 bits per heavy atom. The average molecular weight is 585 g/mol. The van der Waals surface area contributed by atoms with Gasteiger partial charge in [-0.15, -0.1) is 0 Å². The highest BCUT2D eigenvalue weighted by Gasteiger charge is 2.26. The molecule has 0 aliphatic rings. The number of rotatable bonds is 9. The largest absolute Gasteiger partial charge is 0.508 e. The lowest BCUT2D eigenvalue weighted by atomic mass is 9.96. The Morgan fingerprint density at radius 1 is 0.953 bits per heavy atom. The van der Waals surface area contributed by atoms with Crippen LogP contribution in [-0.2, 0) is 19.1 Å². The number of phenolic OH excluding ortho intramolecular Hbond substituents is 1. The Balaban J connectivity index is 1.54. The van der Waals surface area contributed by atoms with Crippen LogP contribution < -0.4 is 15.8 Å². The van der Waals surface area contributed by atoms with E-state index in [1.165, 1.54) is 7.11 Å². The van der Waals surface area contributed by atoms with E-state index in [0.717, 1.165) is 32.5 Å². The molecule has 0 aliphatic heterocycles. The first-order valence-electron chi connectivity index (χ1n) is 13.8. The highest BCUT2D eigenvalue weighted by atomic mass is 16.6. The van der Waals surface area contributed by atoms with Crippen molar-refractivity contribution in [3.8, 4) is 16.9 Å². The number of hydrogen-bond donors (Lipinski definition) is 3. The molecule has 0 fully saturated rings. The lowest BCUT2D eigenvalue weighted by Crippen LogP contribution is -2.50. The van der Waals surface area contributed by atoms with E-state index >= 15 is 0 Å². The van der Waals surface area contributed by atoms with Gasteiger partial charge in [0.05, 0.1) is 26.1 Å². The fourth-order valence-corrected chi connectivity index (χ4v) is 4.44. The molecule has 3 N–H and O–H groups in total. The summed E-state index contributed by atoms with van der Waals surface area (Å²) < 4.78 is 10.4. The minimum absolute atomic E-state index is 0.0993. The summed E-state index contributed by atoms with van der Waals surface area (Å²) in [5, 5.41) is 15.6. The van der Waals surface area contributed by atoms with E-state index in [1.54, 1.807) is 51.2 Å². The fourth-order valence-electron chi connectivity index (χ4n) is 4.44. The zero-order chi connectivity index (χ0) is 31.1. The van der Waals surface area contributed by atoms with Crippen molar-refractivity contribution in [3.05, 3.63) is 90.1 Å². The van der Waals surface area contributed by atoms with Crippen molar-refractivity contribution in [1.82, 2.24) is 15.7 Å². The number of benzene rings is 3. The summed E-state index contributed by atoms with van der Waals surface area (Å²) in [5.41, 5.74) is 5.43. The number of esters is 1. The molecule has 224 valence electrons. The molecule has 1 atom stereocenters. The first-order chi connectivity index (χ1) is 20.4. The van der Waals surface area contributed by atoms with Crippen LogP contribution in [0.5, 0.6) is 5.75 Å². The van der Waals surface area contributed by atoms with Crippen molar-refractivity contribution in [2.45, 2.75) is 45.8 Å². The van der Waals surface area contributed by atoms with Gasteiger partial charge in [0.1, 0.15) is 11.4 Å². The smallest absolute Gasteiger partial charge is 0.430 e. The maximum absolute atomic E-state index is 13.2. The Morgan fingerprint density at radius 3 is 2.40 bits per heavy atom. The van der Waals surface area contributed by atoms with Gasteiger partial charge in [0.15, 0.2) is 5.82 Å². The molecule has 0 aliphatic carbocycles. The molecule has 0 bridgehead atoms. The minimum Gasteiger partial charge on any atom is -0.508 e. The molecule has 0 unspecified atom stereocenters. The van der Waals surface area contributed by atoms with Crippen molar-refractivity contribution < 1.29 is 29.0 Å². The van der Waals surface area contributed by atoms with E-state index in [-0.39, 0.29) is 24.5 Å². The second kappa shape index (κ2) is 13.3. The number of nitrogens with zero attached hydrogens (tertiary/aromatic N) is 2. The summed E-state index contributed by atoms with van der Waals surface area (Å²) in [6.45, 7) is 6.79. The van der Waals surface area contributed by atoms with E-state index < -0.39 is 29.6 Å². The van der Waals surface area contributed by atoms with Gasteiger partial charge >= 0.3 is 12.1 Å². The van der Waals surface area contributed by atoms with Crippen molar-refractivity contribution >= 4 is 34.6 Å². The van der Waals surface area contributed by atoms with Crippen molar-refractivity contribution in [1.29, 1.82) is 0 Å². The van der Waals surface area contributed by atoms with E-state index in [2.05, 4.69) is 15.7 Å². The lowest BCUT2D eigenvalue weighted by Gasteiger charge is -2.27. The van der Waals surface area contributed by atoms with E-state index in [0.29, 0.717) is 5.56 Å². The summed E-state index contributed by atoms with van der Waals surface area (Å²) in [5.74, 6) is -0.492. The summed E-state index contributed by atoms with van der Waals surface area (Å²) >= 11 is 0. The number of anilines is 1. The highest BCUT2D eigenvalue weighted by molar-refractivity contribution is 5.89. The number of fused-ring (bicyclic) bond motifs is 1.